The van der Waals surface area contributed by atoms with Crippen molar-refractivity contribution in [1.82, 2.24) is 0 Å². The van der Waals surface area contributed by atoms with Crippen molar-refractivity contribution in [3.05, 3.63) is 75.3 Å². The monoisotopic (exact) mass is 305 g/mol. The quantitative estimate of drug-likeness (QED) is 0.406. The summed E-state index contributed by atoms with van der Waals surface area (Å²) in [5.41, 5.74) is -0.383. The second kappa shape index (κ2) is 6.13. The average molecular weight is 305 g/mol. The molecule has 5 nitrogen and oxygen atoms in total. The maximum absolute atomic E-state index is 13.1. The van der Waals surface area contributed by atoms with Crippen LogP contribution in [0.1, 0.15) is 15.9 Å². The number of carbonyl (C=O) groups excluding carboxylic acids is 1. The lowest BCUT2D eigenvalue weighted by Gasteiger charge is -1.99. The van der Waals surface area contributed by atoms with E-state index >= 15 is 0 Å². The van der Waals surface area contributed by atoms with E-state index in [-0.39, 0.29) is 22.6 Å². The number of hydrogen-bond acceptors (Lipinski definition) is 4. The Balaban J connectivity index is 2.31. The number of phenolic OH excluding ortho intramolecular Hbond substituents is 1. The standard InChI is InChI=1S/C15H9F2NO4/c16-12-4-1-10(8-13(12)17)15(20)6-2-9-7-11(19)3-5-14(9)18(21)22/h1-8,19H. The van der Waals surface area contributed by atoms with Crippen LogP contribution in [0.25, 0.3) is 6.08 Å². The second-order valence-electron chi connectivity index (χ2n) is 4.33. The minimum Gasteiger partial charge on any atom is -0.508 e. The van der Waals surface area contributed by atoms with Crippen LogP contribution in [0.2, 0.25) is 0 Å². The van der Waals surface area contributed by atoms with Gasteiger partial charge in [-0.3, -0.25) is 14.9 Å². The molecule has 7 heteroatoms. The fourth-order valence-corrected chi connectivity index (χ4v) is 1.75. The number of ketones is 1. The third-order valence-electron chi connectivity index (χ3n) is 2.83. The summed E-state index contributed by atoms with van der Waals surface area (Å²) < 4.78 is 25.8. The van der Waals surface area contributed by atoms with Crippen LogP contribution in [-0.4, -0.2) is 15.8 Å². The number of phenols is 1. The number of nitro benzene ring substituents is 1. The highest BCUT2D eigenvalue weighted by molar-refractivity contribution is 6.07. The Morgan fingerprint density at radius 1 is 1.14 bits per heavy atom. The molecule has 0 spiro atoms. The molecule has 0 amide bonds. The van der Waals surface area contributed by atoms with Gasteiger partial charge in [-0.05, 0) is 42.5 Å². The van der Waals surface area contributed by atoms with Crippen molar-refractivity contribution in [2.75, 3.05) is 0 Å². The third kappa shape index (κ3) is 3.32. The Kier molecular flexibility index (Phi) is 4.26. The summed E-state index contributed by atoms with van der Waals surface area (Å²) in [5, 5.41) is 20.2. The van der Waals surface area contributed by atoms with Gasteiger partial charge in [0.2, 0.25) is 0 Å². The van der Waals surface area contributed by atoms with Gasteiger partial charge < -0.3 is 5.11 Å². The van der Waals surface area contributed by atoms with E-state index in [1.54, 1.807) is 0 Å². The topological polar surface area (TPSA) is 80.4 Å². The van der Waals surface area contributed by atoms with Gasteiger partial charge >= 0.3 is 0 Å². The summed E-state index contributed by atoms with van der Waals surface area (Å²) in [6.45, 7) is 0. The minimum atomic E-state index is -1.16. The third-order valence-corrected chi connectivity index (χ3v) is 2.83. The summed E-state index contributed by atoms with van der Waals surface area (Å²) in [6.07, 6.45) is 2.11. The Labute approximate surface area is 123 Å². The van der Waals surface area contributed by atoms with Crippen molar-refractivity contribution in [3.63, 3.8) is 0 Å². The molecule has 2 aromatic rings. The first-order valence-corrected chi connectivity index (χ1v) is 6.03. The molecule has 112 valence electrons. The maximum Gasteiger partial charge on any atom is 0.276 e. The van der Waals surface area contributed by atoms with Crippen molar-refractivity contribution < 1.29 is 23.6 Å². The van der Waals surface area contributed by atoms with Crippen molar-refractivity contribution in [1.29, 1.82) is 0 Å². The highest BCUT2D eigenvalue weighted by Crippen LogP contribution is 2.24. The van der Waals surface area contributed by atoms with E-state index < -0.39 is 22.3 Å². The molecule has 0 aliphatic carbocycles. The van der Waals surface area contributed by atoms with E-state index in [0.29, 0.717) is 0 Å². The molecule has 0 aliphatic rings. The van der Waals surface area contributed by atoms with Crippen molar-refractivity contribution in [2.45, 2.75) is 0 Å². The molecule has 0 saturated heterocycles. The number of rotatable bonds is 4. The number of nitrogens with zero attached hydrogens (tertiary/aromatic N) is 1. The number of nitro groups is 1. The van der Waals surface area contributed by atoms with Crippen LogP contribution >= 0.6 is 0 Å². The predicted octanol–water partition coefficient (Wildman–Crippen LogP) is 3.47. The zero-order valence-electron chi connectivity index (χ0n) is 11.0. The van der Waals surface area contributed by atoms with Gasteiger partial charge in [-0.15, -0.1) is 0 Å². The lowest BCUT2D eigenvalue weighted by molar-refractivity contribution is -0.385. The molecule has 0 bridgehead atoms. The molecule has 0 saturated carbocycles. The van der Waals surface area contributed by atoms with Crippen LogP contribution in [0.15, 0.2) is 42.5 Å². The fraction of sp³-hybridized carbons (Fsp3) is 0. The SMILES string of the molecule is O=C(C=Cc1cc(O)ccc1[N+](=O)[O-])c1ccc(F)c(F)c1. The fourth-order valence-electron chi connectivity index (χ4n) is 1.75. The van der Waals surface area contributed by atoms with Crippen LogP contribution in [0.5, 0.6) is 5.75 Å². The lowest BCUT2D eigenvalue weighted by atomic mass is 10.1. The molecule has 0 unspecified atom stereocenters. The molecule has 2 rings (SSSR count). The summed E-state index contributed by atoms with van der Waals surface area (Å²) >= 11 is 0. The molecule has 2 aromatic carbocycles. The van der Waals surface area contributed by atoms with Crippen LogP contribution in [0.3, 0.4) is 0 Å². The van der Waals surface area contributed by atoms with E-state index in [9.17, 15) is 28.8 Å². The van der Waals surface area contributed by atoms with Gasteiger partial charge in [0.15, 0.2) is 17.4 Å². The summed E-state index contributed by atoms with van der Waals surface area (Å²) in [7, 11) is 0. The van der Waals surface area contributed by atoms with Gasteiger partial charge in [-0.1, -0.05) is 0 Å². The van der Waals surface area contributed by atoms with Crippen LogP contribution < -0.4 is 0 Å². The second-order valence-corrected chi connectivity index (χ2v) is 4.33. The van der Waals surface area contributed by atoms with Crippen molar-refractivity contribution >= 4 is 17.5 Å². The highest BCUT2D eigenvalue weighted by atomic mass is 19.2. The number of carbonyl (C=O) groups is 1. The average Bonchev–Trinajstić information content (AvgIpc) is 2.47. The van der Waals surface area contributed by atoms with E-state index in [4.69, 9.17) is 0 Å². The maximum atomic E-state index is 13.1. The molecule has 1 N–H and O–H groups in total. The summed E-state index contributed by atoms with van der Waals surface area (Å²) in [4.78, 5) is 22.0. The molecule has 0 aromatic heterocycles. The number of benzene rings is 2. The van der Waals surface area contributed by atoms with Gasteiger partial charge in [-0.25, -0.2) is 8.78 Å². The highest BCUT2D eigenvalue weighted by Gasteiger charge is 2.13. The molecule has 0 aliphatic heterocycles. The van der Waals surface area contributed by atoms with Crippen LogP contribution in [-0.2, 0) is 0 Å². The predicted molar refractivity (Wildman–Crippen MR) is 74.5 cm³/mol. The Morgan fingerprint density at radius 3 is 2.50 bits per heavy atom. The van der Waals surface area contributed by atoms with Crippen molar-refractivity contribution in [3.8, 4) is 5.75 Å². The van der Waals surface area contributed by atoms with Crippen molar-refractivity contribution in [2.24, 2.45) is 0 Å². The van der Waals surface area contributed by atoms with Gasteiger partial charge in [0.05, 0.1) is 10.5 Å². The first-order chi connectivity index (χ1) is 10.4. The first kappa shape index (κ1) is 15.3. The Morgan fingerprint density at radius 2 is 1.86 bits per heavy atom. The van der Waals surface area contributed by atoms with Gasteiger partial charge in [-0.2, -0.15) is 0 Å². The van der Waals surface area contributed by atoms with E-state index in [0.717, 1.165) is 48.6 Å². The molecular formula is C15H9F2NO4. The molecule has 0 fully saturated rings. The van der Waals surface area contributed by atoms with Crippen LogP contribution in [0.4, 0.5) is 14.5 Å². The van der Waals surface area contributed by atoms with E-state index in [1.165, 1.54) is 0 Å². The molecule has 0 radical (unpaired) electrons. The Hall–Kier alpha value is -3.09. The first-order valence-electron chi connectivity index (χ1n) is 6.03. The molecule has 22 heavy (non-hydrogen) atoms. The molecule has 0 heterocycles. The lowest BCUT2D eigenvalue weighted by Crippen LogP contribution is -1.97. The summed E-state index contributed by atoms with van der Waals surface area (Å²) in [6, 6.07) is 6.00. The van der Waals surface area contributed by atoms with Gasteiger partial charge in [0, 0.05) is 11.6 Å². The zero-order valence-corrected chi connectivity index (χ0v) is 11.0. The zero-order chi connectivity index (χ0) is 16.3. The van der Waals surface area contributed by atoms with Gasteiger partial charge in [0.25, 0.3) is 5.69 Å². The minimum absolute atomic E-state index is 0.0148. The molecular weight excluding hydrogens is 296 g/mol. The smallest absolute Gasteiger partial charge is 0.276 e. The Bertz CT molecular complexity index is 787. The van der Waals surface area contributed by atoms with E-state index in [2.05, 4.69) is 0 Å². The summed E-state index contributed by atoms with van der Waals surface area (Å²) in [5.74, 6) is -3.10. The number of aromatic hydroxyl groups is 1. The normalized spacial score (nSPS) is 10.8. The molecule has 0 atom stereocenters. The van der Waals surface area contributed by atoms with Gasteiger partial charge in [0.1, 0.15) is 5.75 Å². The number of allylic oxidation sites excluding steroid dienone is 1. The number of halogens is 2. The van der Waals surface area contributed by atoms with E-state index in [1.807, 2.05) is 0 Å². The largest absolute Gasteiger partial charge is 0.508 e. The number of hydrogen-bond donors (Lipinski definition) is 1. The van der Waals surface area contributed by atoms with Crippen LogP contribution in [0, 0.1) is 21.7 Å².